The van der Waals surface area contributed by atoms with Crippen LogP contribution in [-0.2, 0) is 4.79 Å². The van der Waals surface area contributed by atoms with Crippen molar-refractivity contribution in [2.24, 2.45) is 0 Å². The smallest absolute Gasteiger partial charge is 0.231 e. The van der Waals surface area contributed by atoms with Crippen LogP contribution in [0.4, 0.5) is 5.69 Å². The Hall–Kier alpha value is -2.60. The first-order valence-electron chi connectivity index (χ1n) is 7.61. The first-order chi connectivity index (χ1) is 11.6. The van der Waals surface area contributed by atoms with E-state index in [0.717, 1.165) is 17.7 Å². The van der Waals surface area contributed by atoms with Crippen molar-refractivity contribution in [2.45, 2.75) is 19.8 Å². The minimum Gasteiger partial charge on any atom is -0.480 e. The number of rotatable bonds is 5. The van der Waals surface area contributed by atoms with Gasteiger partial charge in [-0.05, 0) is 24.6 Å². The number of amides is 1. The molecule has 0 spiro atoms. The molecule has 0 saturated heterocycles. The first kappa shape index (κ1) is 16.3. The van der Waals surface area contributed by atoms with Gasteiger partial charge in [-0.25, -0.2) is 9.50 Å². The van der Waals surface area contributed by atoms with Gasteiger partial charge in [0.1, 0.15) is 0 Å². The molecule has 2 aromatic heterocycles. The summed E-state index contributed by atoms with van der Waals surface area (Å²) in [6.07, 6.45) is 3.04. The van der Waals surface area contributed by atoms with Crippen LogP contribution in [0.1, 0.15) is 19.8 Å². The molecular weight excluding hydrogens is 328 g/mol. The Labute approximate surface area is 144 Å². The molecule has 0 atom stereocenters. The van der Waals surface area contributed by atoms with Gasteiger partial charge in [-0.15, -0.1) is 5.10 Å². The second-order valence-corrected chi connectivity index (χ2v) is 5.70. The number of carbonyl (C=O) groups excluding carboxylic acids is 1. The van der Waals surface area contributed by atoms with E-state index in [1.165, 1.54) is 0 Å². The molecule has 0 radical (unpaired) electrons. The molecule has 0 bridgehead atoms. The van der Waals surface area contributed by atoms with E-state index in [2.05, 4.69) is 15.4 Å². The second kappa shape index (κ2) is 6.88. The van der Waals surface area contributed by atoms with Crippen molar-refractivity contribution in [2.75, 3.05) is 12.4 Å². The lowest BCUT2D eigenvalue weighted by Gasteiger charge is -2.08. The predicted octanol–water partition coefficient (Wildman–Crippen LogP) is 3.80. The van der Waals surface area contributed by atoms with E-state index >= 15 is 0 Å². The van der Waals surface area contributed by atoms with Crippen molar-refractivity contribution in [1.29, 1.82) is 0 Å². The van der Waals surface area contributed by atoms with Gasteiger partial charge in [-0.3, -0.25) is 4.79 Å². The summed E-state index contributed by atoms with van der Waals surface area (Å²) in [7, 11) is 1.57. The minimum atomic E-state index is -0.0574. The lowest BCUT2D eigenvalue weighted by molar-refractivity contribution is -0.116. The summed E-state index contributed by atoms with van der Waals surface area (Å²) in [5.74, 6) is 0.452. The highest BCUT2D eigenvalue weighted by molar-refractivity contribution is 6.33. The van der Waals surface area contributed by atoms with Crippen molar-refractivity contribution in [3.05, 3.63) is 41.6 Å². The van der Waals surface area contributed by atoms with Crippen molar-refractivity contribution in [1.82, 2.24) is 14.6 Å². The number of carbonyl (C=O) groups is 1. The molecule has 1 N–H and O–H groups in total. The van der Waals surface area contributed by atoms with Gasteiger partial charge >= 0.3 is 0 Å². The molecule has 1 aromatic carbocycles. The zero-order valence-corrected chi connectivity index (χ0v) is 14.2. The van der Waals surface area contributed by atoms with Crippen molar-refractivity contribution < 1.29 is 9.53 Å². The highest BCUT2D eigenvalue weighted by Crippen LogP contribution is 2.29. The standard InChI is InChI=1S/C17H17ClN4O2/c1-3-4-16(23)20-13-9-11(5-6-12(13)18)14-10-22-15(19-14)7-8-17(21-22)24-2/h5-10H,3-4H2,1-2H3,(H,20,23). The molecule has 0 aliphatic carbocycles. The molecule has 0 aliphatic heterocycles. The highest BCUT2D eigenvalue weighted by Gasteiger charge is 2.10. The van der Waals surface area contributed by atoms with E-state index in [0.29, 0.717) is 28.7 Å². The molecule has 0 unspecified atom stereocenters. The third-order valence-electron chi connectivity index (χ3n) is 3.52. The van der Waals surface area contributed by atoms with Crippen molar-refractivity contribution in [3.63, 3.8) is 0 Å². The largest absolute Gasteiger partial charge is 0.480 e. The average molecular weight is 345 g/mol. The summed E-state index contributed by atoms with van der Waals surface area (Å²) in [4.78, 5) is 16.3. The van der Waals surface area contributed by atoms with Crippen LogP contribution in [0, 0.1) is 0 Å². The van der Waals surface area contributed by atoms with Crippen LogP contribution in [-0.4, -0.2) is 27.6 Å². The molecule has 3 aromatic rings. The van der Waals surface area contributed by atoms with Crippen LogP contribution < -0.4 is 10.1 Å². The van der Waals surface area contributed by atoms with Gasteiger partial charge in [0.25, 0.3) is 0 Å². The summed E-state index contributed by atoms with van der Waals surface area (Å²) in [5.41, 5.74) is 2.86. The normalized spacial score (nSPS) is 10.8. The Morgan fingerprint density at radius 3 is 2.92 bits per heavy atom. The number of nitrogens with zero attached hydrogens (tertiary/aromatic N) is 3. The molecule has 3 rings (SSSR count). The fraction of sp³-hybridized carbons (Fsp3) is 0.235. The van der Waals surface area contributed by atoms with Gasteiger partial charge in [0, 0.05) is 18.1 Å². The summed E-state index contributed by atoms with van der Waals surface area (Å²) in [5, 5.41) is 7.61. The van der Waals surface area contributed by atoms with Crippen molar-refractivity contribution >= 4 is 28.8 Å². The van der Waals surface area contributed by atoms with Gasteiger partial charge in [-0.2, -0.15) is 0 Å². The van der Waals surface area contributed by atoms with E-state index in [1.54, 1.807) is 30.0 Å². The Balaban J connectivity index is 1.95. The molecule has 2 heterocycles. The molecule has 0 fully saturated rings. The van der Waals surface area contributed by atoms with Gasteiger partial charge in [0.05, 0.1) is 29.7 Å². The Morgan fingerprint density at radius 2 is 2.17 bits per heavy atom. The topological polar surface area (TPSA) is 68.5 Å². The third kappa shape index (κ3) is 3.33. The van der Waals surface area contributed by atoms with Crippen LogP contribution >= 0.6 is 11.6 Å². The van der Waals surface area contributed by atoms with E-state index < -0.39 is 0 Å². The van der Waals surface area contributed by atoms with E-state index in [-0.39, 0.29) is 5.91 Å². The molecule has 0 aliphatic rings. The highest BCUT2D eigenvalue weighted by atomic mass is 35.5. The lowest BCUT2D eigenvalue weighted by Crippen LogP contribution is -2.10. The SMILES string of the molecule is CCCC(=O)Nc1cc(-c2cn3nc(OC)ccc3n2)ccc1Cl. The fourth-order valence-corrected chi connectivity index (χ4v) is 2.50. The molecular formula is C17H17ClN4O2. The van der Waals surface area contributed by atoms with Crippen LogP contribution in [0.2, 0.25) is 5.02 Å². The number of anilines is 1. The number of hydrogen-bond donors (Lipinski definition) is 1. The molecule has 24 heavy (non-hydrogen) atoms. The first-order valence-corrected chi connectivity index (χ1v) is 7.98. The molecule has 7 heteroatoms. The molecule has 6 nitrogen and oxygen atoms in total. The number of ether oxygens (including phenoxy) is 1. The Kier molecular flexibility index (Phi) is 4.66. The zero-order chi connectivity index (χ0) is 17.1. The summed E-state index contributed by atoms with van der Waals surface area (Å²) in [6.45, 7) is 1.95. The monoisotopic (exact) mass is 344 g/mol. The molecule has 0 saturated carbocycles. The minimum absolute atomic E-state index is 0.0574. The number of nitrogens with one attached hydrogen (secondary N) is 1. The lowest BCUT2D eigenvalue weighted by atomic mass is 10.1. The quantitative estimate of drug-likeness (QED) is 0.764. The molecule has 1 amide bonds. The number of halogens is 1. The van der Waals surface area contributed by atoms with Crippen LogP contribution in [0.3, 0.4) is 0 Å². The maximum atomic E-state index is 11.8. The molecule has 124 valence electrons. The fourth-order valence-electron chi connectivity index (χ4n) is 2.33. The van der Waals surface area contributed by atoms with E-state index in [1.807, 2.05) is 25.1 Å². The number of benzene rings is 1. The van der Waals surface area contributed by atoms with Gasteiger partial charge in [-0.1, -0.05) is 24.6 Å². The summed E-state index contributed by atoms with van der Waals surface area (Å²) in [6, 6.07) is 9.00. The van der Waals surface area contributed by atoms with Gasteiger partial charge in [0.15, 0.2) is 5.65 Å². The number of imidazole rings is 1. The van der Waals surface area contributed by atoms with Crippen LogP contribution in [0.15, 0.2) is 36.5 Å². The number of fused-ring (bicyclic) bond motifs is 1. The number of aromatic nitrogens is 3. The predicted molar refractivity (Wildman–Crippen MR) is 93.5 cm³/mol. The zero-order valence-electron chi connectivity index (χ0n) is 13.4. The number of hydrogen-bond acceptors (Lipinski definition) is 4. The summed E-state index contributed by atoms with van der Waals surface area (Å²) >= 11 is 6.18. The Morgan fingerprint density at radius 1 is 1.33 bits per heavy atom. The third-order valence-corrected chi connectivity index (χ3v) is 3.85. The number of methoxy groups -OCH3 is 1. The van der Waals surface area contributed by atoms with Crippen LogP contribution in [0.25, 0.3) is 16.9 Å². The van der Waals surface area contributed by atoms with E-state index in [4.69, 9.17) is 16.3 Å². The van der Waals surface area contributed by atoms with E-state index in [9.17, 15) is 4.79 Å². The maximum absolute atomic E-state index is 11.8. The Bertz CT molecular complexity index is 891. The van der Waals surface area contributed by atoms with Crippen molar-refractivity contribution in [3.8, 4) is 17.1 Å². The maximum Gasteiger partial charge on any atom is 0.231 e. The van der Waals surface area contributed by atoms with Gasteiger partial charge in [0.2, 0.25) is 11.8 Å². The average Bonchev–Trinajstić information content (AvgIpc) is 3.00. The van der Waals surface area contributed by atoms with Gasteiger partial charge < -0.3 is 10.1 Å². The summed E-state index contributed by atoms with van der Waals surface area (Å²) < 4.78 is 6.77. The van der Waals surface area contributed by atoms with Crippen LogP contribution in [0.5, 0.6) is 5.88 Å². The second-order valence-electron chi connectivity index (χ2n) is 5.30.